The Morgan fingerprint density at radius 1 is 1.26 bits per heavy atom. The Morgan fingerprint density at radius 3 is 2.47 bits per heavy atom. The lowest BCUT2D eigenvalue weighted by Gasteiger charge is -2.40. The van der Waals surface area contributed by atoms with Crippen molar-refractivity contribution >= 4 is 0 Å². The molecule has 2 atom stereocenters. The number of likely N-dealkylation sites (tertiary alicyclic amines) is 1. The maximum absolute atomic E-state index is 12.8. The third-order valence-electron chi connectivity index (χ3n) is 4.23. The molecule has 0 radical (unpaired) electrons. The van der Waals surface area contributed by atoms with E-state index in [-0.39, 0.29) is 18.4 Å². The number of halogens is 3. The average Bonchev–Trinajstić information content (AvgIpc) is 2.36. The Balaban J connectivity index is 2.55. The molecule has 0 aliphatic carbocycles. The van der Waals surface area contributed by atoms with Crippen LogP contribution in [0.2, 0.25) is 0 Å². The minimum absolute atomic E-state index is 0.0590. The molecule has 1 fully saturated rings. The molecule has 114 valence electrons. The van der Waals surface area contributed by atoms with Crippen molar-refractivity contribution in [1.82, 2.24) is 10.2 Å². The van der Waals surface area contributed by atoms with Gasteiger partial charge < -0.3 is 10.2 Å². The standard InChI is InChI=1S/C14H27F3N2/c1-4-13(3,10-18-5-2)11-19-8-6-7-12(9-19)14(15,16)17/h12,18H,4-11H2,1-3H3. The molecule has 2 nitrogen and oxygen atoms in total. The van der Waals surface area contributed by atoms with Crippen LogP contribution in [0.25, 0.3) is 0 Å². The minimum Gasteiger partial charge on any atom is -0.316 e. The predicted molar refractivity (Wildman–Crippen MR) is 72.2 cm³/mol. The summed E-state index contributed by atoms with van der Waals surface area (Å²) < 4.78 is 38.4. The van der Waals surface area contributed by atoms with Crippen LogP contribution in [-0.2, 0) is 0 Å². The van der Waals surface area contributed by atoms with E-state index < -0.39 is 12.1 Å². The van der Waals surface area contributed by atoms with E-state index in [1.165, 1.54) is 0 Å². The molecule has 0 spiro atoms. The summed E-state index contributed by atoms with van der Waals surface area (Å²) in [7, 11) is 0. The summed E-state index contributed by atoms with van der Waals surface area (Å²) in [6.45, 7) is 9.82. The molecule has 1 aliphatic rings. The first-order chi connectivity index (χ1) is 8.80. The Labute approximate surface area is 114 Å². The van der Waals surface area contributed by atoms with Crippen LogP contribution in [0.1, 0.15) is 40.0 Å². The van der Waals surface area contributed by atoms with E-state index in [1.807, 2.05) is 4.90 Å². The van der Waals surface area contributed by atoms with Gasteiger partial charge in [-0.3, -0.25) is 0 Å². The van der Waals surface area contributed by atoms with Crippen molar-refractivity contribution in [3.8, 4) is 0 Å². The van der Waals surface area contributed by atoms with Gasteiger partial charge in [-0.05, 0) is 37.8 Å². The molecule has 1 N–H and O–H groups in total. The first-order valence-electron chi connectivity index (χ1n) is 7.30. The van der Waals surface area contributed by atoms with Gasteiger partial charge >= 0.3 is 6.18 Å². The van der Waals surface area contributed by atoms with Gasteiger partial charge in [0.05, 0.1) is 5.92 Å². The molecule has 1 aliphatic heterocycles. The van der Waals surface area contributed by atoms with Crippen LogP contribution < -0.4 is 5.32 Å². The quantitative estimate of drug-likeness (QED) is 0.803. The van der Waals surface area contributed by atoms with Gasteiger partial charge in [-0.25, -0.2) is 0 Å². The third kappa shape index (κ3) is 5.30. The number of alkyl halides is 3. The van der Waals surface area contributed by atoms with Crippen LogP contribution in [0.4, 0.5) is 13.2 Å². The summed E-state index contributed by atoms with van der Waals surface area (Å²) in [5.41, 5.74) is 0.0590. The van der Waals surface area contributed by atoms with Crippen molar-refractivity contribution in [2.24, 2.45) is 11.3 Å². The van der Waals surface area contributed by atoms with E-state index in [0.717, 1.165) is 32.6 Å². The highest BCUT2D eigenvalue weighted by Crippen LogP contribution is 2.34. The lowest BCUT2D eigenvalue weighted by atomic mass is 9.85. The molecule has 2 unspecified atom stereocenters. The average molecular weight is 280 g/mol. The van der Waals surface area contributed by atoms with Crippen LogP contribution in [-0.4, -0.2) is 43.8 Å². The van der Waals surface area contributed by atoms with Gasteiger partial charge in [0.1, 0.15) is 0 Å². The second-order valence-electron chi connectivity index (χ2n) is 6.06. The molecule has 0 bridgehead atoms. The normalized spacial score (nSPS) is 25.3. The summed E-state index contributed by atoms with van der Waals surface area (Å²) >= 11 is 0. The van der Waals surface area contributed by atoms with E-state index >= 15 is 0 Å². The third-order valence-corrected chi connectivity index (χ3v) is 4.23. The smallest absolute Gasteiger partial charge is 0.316 e. The Hall–Kier alpha value is -0.290. The molecular weight excluding hydrogens is 253 g/mol. The van der Waals surface area contributed by atoms with E-state index in [1.54, 1.807) is 0 Å². The van der Waals surface area contributed by atoms with Crippen LogP contribution >= 0.6 is 0 Å². The van der Waals surface area contributed by atoms with Gasteiger partial charge in [-0.15, -0.1) is 0 Å². The van der Waals surface area contributed by atoms with Crippen molar-refractivity contribution < 1.29 is 13.2 Å². The molecule has 0 aromatic rings. The van der Waals surface area contributed by atoms with E-state index in [9.17, 15) is 13.2 Å². The van der Waals surface area contributed by atoms with Crippen molar-refractivity contribution in [3.05, 3.63) is 0 Å². The molecule has 0 aromatic heterocycles. The van der Waals surface area contributed by atoms with Gasteiger partial charge in [0.25, 0.3) is 0 Å². The van der Waals surface area contributed by atoms with E-state index in [2.05, 4.69) is 26.1 Å². The Morgan fingerprint density at radius 2 is 1.95 bits per heavy atom. The topological polar surface area (TPSA) is 15.3 Å². The number of nitrogens with zero attached hydrogens (tertiary/aromatic N) is 1. The molecule has 0 amide bonds. The summed E-state index contributed by atoms with van der Waals surface area (Å²) in [6.07, 6.45) is -2.11. The molecule has 19 heavy (non-hydrogen) atoms. The van der Waals surface area contributed by atoms with Gasteiger partial charge in [-0.2, -0.15) is 13.2 Å². The minimum atomic E-state index is -4.04. The zero-order valence-electron chi connectivity index (χ0n) is 12.3. The maximum atomic E-state index is 12.8. The number of nitrogens with one attached hydrogen (secondary N) is 1. The number of piperidine rings is 1. The van der Waals surface area contributed by atoms with Gasteiger partial charge in [0, 0.05) is 19.6 Å². The Bertz CT molecular complexity index is 268. The van der Waals surface area contributed by atoms with E-state index in [4.69, 9.17) is 0 Å². The number of hydrogen-bond acceptors (Lipinski definition) is 2. The van der Waals surface area contributed by atoms with Gasteiger partial charge in [0.2, 0.25) is 0 Å². The fourth-order valence-electron chi connectivity index (χ4n) is 2.73. The fourth-order valence-corrected chi connectivity index (χ4v) is 2.73. The summed E-state index contributed by atoms with van der Waals surface area (Å²) in [5, 5.41) is 3.32. The number of hydrogen-bond donors (Lipinski definition) is 1. The van der Waals surface area contributed by atoms with E-state index in [0.29, 0.717) is 6.42 Å². The SMILES string of the molecule is CCNCC(C)(CC)CN1CCCC(C(F)(F)F)C1. The summed E-state index contributed by atoms with van der Waals surface area (Å²) in [6, 6.07) is 0. The zero-order valence-corrected chi connectivity index (χ0v) is 12.3. The van der Waals surface area contributed by atoms with Crippen molar-refractivity contribution in [2.75, 3.05) is 32.7 Å². The molecule has 5 heteroatoms. The monoisotopic (exact) mass is 280 g/mol. The maximum Gasteiger partial charge on any atom is 0.393 e. The van der Waals surface area contributed by atoms with Crippen LogP contribution in [0.3, 0.4) is 0 Å². The van der Waals surface area contributed by atoms with Gasteiger partial charge in [0.15, 0.2) is 0 Å². The first kappa shape index (κ1) is 16.8. The Kier molecular flexibility index (Phi) is 6.12. The molecular formula is C14H27F3N2. The fraction of sp³-hybridized carbons (Fsp3) is 1.00. The highest BCUT2D eigenvalue weighted by molar-refractivity contribution is 4.84. The lowest BCUT2D eigenvalue weighted by Crippen LogP contribution is -2.48. The second kappa shape index (κ2) is 6.93. The molecule has 0 aromatic carbocycles. The predicted octanol–water partition coefficient (Wildman–Crippen LogP) is 3.29. The lowest BCUT2D eigenvalue weighted by molar-refractivity contribution is -0.187. The highest BCUT2D eigenvalue weighted by Gasteiger charge is 2.42. The highest BCUT2D eigenvalue weighted by atomic mass is 19.4. The van der Waals surface area contributed by atoms with Crippen molar-refractivity contribution in [2.45, 2.75) is 46.2 Å². The van der Waals surface area contributed by atoms with Crippen molar-refractivity contribution in [1.29, 1.82) is 0 Å². The largest absolute Gasteiger partial charge is 0.393 e. The van der Waals surface area contributed by atoms with Crippen LogP contribution in [0.15, 0.2) is 0 Å². The zero-order chi connectivity index (χ0) is 14.5. The molecule has 1 rings (SSSR count). The van der Waals surface area contributed by atoms with Crippen LogP contribution in [0.5, 0.6) is 0 Å². The van der Waals surface area contributed by atoms with Crippen LogP contribution in [0, 0.1) is 11.3 Å². The summed E-state index contributed by atoms with van der Waals surface area (Å²) in [5.74, 6) is -1.14. The first-order valence-corrected chi connectivity index (χ1v) is 7.30. The van der Waals surface area contributed by atoms with Crippen molar-refractivity contribution in [3.63, 3.8) is 0 Å². The molecule has 0 saturated carbocycles. The molecule has 1 saturated heterocycles. The second-order valence-corrected chi connectivity index (χ2v) is 6.06. The molecule has 1 heterocycles. The summed E-state index contributed by atoms with van der Waals surface area (Å²) in [4.78, 5) is 2.00. The van der Waals surface area contributed by atoms with Gasteiger partial charge in [-0.1, -0.05) is 20.8 Å². The number of rotatable bonds is 6.